The maximum Gasteiger partial charge on any atom is 0.259 e. The number of nitrogens with zero attached hydrogens (tertiary/aromatic N) is 3. The zero-order valence-electron chi connectivity index (χ0n) is 14.8. The first-order valence-corrected chi connectivity index (χ1v) is 10.6. The van der Waals surface area contributed by atoms with Crippen LogP contribution in [0.3, 0.4) is 0 Å². The van der Waals surface area contributed by atoms with Gasteiger partial charge in [-0.05, 0) is 32.3 Å². The normalized spacial score (nSPS) is 12.9. The number of aromatic amines is 1. The average molecular weight is 396 g/mol. The minimum absolute atomic E-state index is 0.00860. The minimum atomic E-state index is -0.0640. The standard InChI is InChI=1S/C16H21N5OS3/c1-7(2)6-17-15-20-21-16(25-15)24-10(5)12-18-13(22)11-8(3)9(4)23-14(11)19-12/h7,10H,6H2,1-5H3,(H,17,20)(H,18,19,22)/t10-/m1/s1. The third-order valence-electron chi connectivity index (χ3n) is 3.79. The van der Waals surface area contributed by atoms with Crippen molar-refractivity contribution in [1.29, 1.82) is 0 Å². The summed E-state index contributed by atoms with van der Waals surface area (Å²) in [5.41, 5.74) is 0.955. The van der Waals surface area contributed by atoms with Crippen molar-refractivity contribution in [2.75, 3.05) is 11.9 Å². The van der Waals surface area contributed by atoms with Crippen molar-refractivity contribution in [2.45, 2.75) is 44.2 Å². The summed E-state index contributed by atoms with van der Waals surface area (Å²) in [6, 6.07) is 0. The lowest BCUT2D eigenvalue weighted by atomic mass is 10.2. The monoisotopic (exact) mass is 395 g/mol. The molecule has 0 spiro atoms. The molecule has 134 valence electrons. The molecule has 0 saturated heterocycles. The number of H-pyrrole nitrogens is 1. The lowest BCUT2D eigenvalue weighted by molar-refractivity contribution is 0.687. The molecule has 25 heavy (non-hydrogen) atoms. The maximum atomic E-state index is 12.4. The molecule has 0 saturated carbocycles. The lowest BCUT2D eigenvalue weighted by Gasteiger charge is -2.08. The summed E-state index contributed by atoms with van der Waals surface area (Å²) in [6.45, 7) is 11.2. The van der Waals surface area contributed by atoms with Gasteiger partial charge in [-0.2, -0.15) is 0 Å². The van der Waals surface area contributed by atoms with Crippen LogP contribution < -0.4 is 10.9 Å². The van der Waals surface area contributed by atoms with E-state index in [-0.39, 0.29) is 10.8 Å². The van der Waals surface area contributed by atoms with Crippen molar-refractivity contribution < 1.29 is 0 Å². The highest BCUT2D eigenvalue weighted by Gasteiger charge is 2.17. The number of hydrogen-bond acceptors (Lipinski definition) is 8. The SMILES string of the molecule is Cc1sc2nc([C@@H](C)Sc3nnc(NCC(C)C)s3)[nH]c(=O)c2c1C. The Kier molecular flexibility index (Phi) is 5.45. The minimum Gasteiger partial charge on any atom is -0.360 e. The second kappa shape index (κ2) is 7.43. The topological polar surface area (TPSA) is 83.6 Å². The molecule has 0 aliphatic carbocycles. The van der Waals surface area contributed by atoms with Gasteiger partial charge < -0.3 is 10.3 Å². The van der Waals surface area contributed by atoms with Crippen LogP contribution in [0.25, 0.3) is 10.2 Å². The molecule has 6 nitrogen and oxygen atoms in total. The summed E-state index contributed by atoms with van der Waals surface area (Å²) in [7, 11) is 0. The van der Waals surface area contributed by atoms with Crippen molar-refractivity contribution in [3.63, 3.8) is 0 Å². The van der Waals surface area contributed by atoms with E-state index in [1.54, 1.807) is 23.1 Å². The summed E-state index contributed by atoms with van der Waals surface area (Å²) < 4.78 is 0.861. The zero-order chi connectivity index (χ0) is 18.1. The smallest absolute Gasteiger partial charge is 0.259 e. The quantitative estimate of drug-likeness (QED) is 0.603. The van der Waals surface area contributed by atoms with Gasteiger partial charge in [-0.15, -0.1) is 21.5 Å². The zero-order valence-corrected chi connectivity index (χ0v) is 17.3. The molecule has 9 heteroatoms. The van der Waals surface area contributed by atoms with Crippen LogP contribution in [0.15, 0.2) is 9.13 Å². The molecule has 0 radical (unpaired) electrons. The first-order valence-electron chi connectivity index (χ1n) is 8.09. The Morgan fingerprint density at radius 1 is 1.20 bits per heavy atom. The molecule has 0 aliphatic rings. The third-order valence-corrected chi connectivity index (χ3v) is 6.96. The maximum absolute atomic E-state index is 12.4. The molecule has 3 aromatic rings. The molecular weight excluding hydrogens is 374 g/mol. The largest absolute Gasteiger partial charge is 0.360 e. The van der Waals surface area contributed by atoms with Gasteiger partial charge in [0, 0.05) is 11.4 Å². The number of nitrogens with one attached hydrogen (secondary N) is 2. The molecule has 3 heterocycles. The Balaban J connectivity index is 1.78. The van der Waals surface area contributed by atoms with E-state index in [1.807, 2.05) is 20.8 Å². The van der Waals surface area contributed by atoms with E-state index in [1.165, 1.54) is 11.3 Å². The molecule has 1 atom stereocenters. The van der Waals surface area contributed by atoms with Gasteiger partial charge in [-0.1, -0.05) is 36.9 Å². The highest BCUT2D eigenvalue weighted by molar-refractivity contribution is 8.01. The van der Waals surface area contributed by atoms with E-state index in [0.29, 0.717) is 17.1 Å². The van der Waals surface area contributed by atoms with Crippen LogP contribution >= 0.6 is 34.4 Å². The molecule has 3 rings (SSSR count). The van der Waals surface area contributed by atoms with Crippen molar-refractivity contribution in [3.05, 3.63) is 26.6 Å². The fourth-order valence-corrected chi connectivity index (χ4v) is 5.29. The second-order valence-corrected chi connectivity index (χ2v) is 10.1. The van der Waals surface area contributed by atoms with E-state index >= 15 is 0 Å². The molecule has 0 unspecified atom stereocenters. The number of thioether (sulfide) groups is 1. The van der Waals surface area contributed by atoms with E-state index in [9.17, 15) is 4.79 Å². The molecule has 2 N–H and O–H groups in total. The van der Waals surface area contributed by atoms with Crippen LogP contribution in [0.2, 0.25) is 0 Å². The lowest BCUT2D eigenvalue weighted by Crippen LogP contribution is -2.12. The fraction of sp³-hybridized carbons (Fsp3) is 0.500. The van der Waals surface area contributed by atoms with Crippen molar-refractivity contribution in [3.8, 4) is 0 Å². The van der Waals surface area contributed by atoms with Gasteiger partial charge in [0.05, 0.1) is 10.6 Å². The number of hydrogen-bond donors (Lipinski definition) is 2. The summed E-state index contributed by atoms with van der Waals surface area (Å²) in [5.74, 6) is 1.23. The van der Waals surface area contributed by atoms with Crippen LogP contribution in [0.1, 0.15) is 42.3 Å². The molecule has 3 aromatic heterocycles. The molecule has 0 amide bonds. The second-order valence-electron chi connectivity index (χ2n) is 6.32. The van der Waals surface area contributed by atoms with Crippen molar-refractivity contribution in [2.24, 2.45) is 5.92 Å². The Morgan fingerprint density at radius 3 is 2.68 bits per heavy atom. The number of fused-ring (bicyclic) bond motifs is 1. The van der Waals surface area contributed by atoms with Crippen LogP contribution in [-0.4, -0.2) is 26.7 Å². The number of aromatic nitrogens is 4. The van der Waals surface area contributed by atoms with Crippen molar-refractivity contribution >= 4 is 49.8 Å². The van der Waals surface area contributed by atoms with E-state index < -0.39 is 0 Å². The highest BCUT2D eigenvalue weighted by atomic mass is 32.2. The van der Waals surface area contributed by atoms with Gasteiger partial charge in [0.2, 0.25) is 5.13 Å². The highest BCUT2D eigenvalue weighted by Crippen LogP contribution is 2.36. The Hall–Kier alpha value is -1.45. The fourth-order valence-electron chi connectivity index (χ4n) is 2.29. The van der Waals surface area contributed by atoms with Crippen molar-refractivity contribution in [1.82, 2.24) is 20.2 Å². The summed E-state index contributed by atoms with van der Waals surface area (Å²) in [5, 5.41) is 13.2. The van der Waals surface area contributed by atoms with E-state index in [2.05, 4.69) is 39.3 Å². The van der Waals surface area contributed by atoms with Crippen LogP contribution in [0.5, 0.6) is 0 Å². The number of thiophene rings is 1. The molecule has 0 aromatic carbocycles. The number of anilines is 1. The first kappa shape index (κ1) is 18.3. The molecular formula is C16H21N5OS3. The number of rotatable bonds is 6. The predicted molar refractivity (Wildman–Crippen MR) is 107 cm³/mol. The predicted octanol–water partition coefficient (Wildman–Crippen LogP) is 4.37. The summed E-state index contributed by atoms with van der Waals surface area (Å²) in [4.78, 5) is 21.9. The Morgan fingerprint density at radius 2 is 1.96 bits per heavy atom. The van der Waals surface area contributed by atoms with Gasteiger partial charge in [0.1, 0.15) is 10.7 Å². The Bertz CT molecular complexity index is 943. The van der Waals surface area contributed by atoms with Crippen LogP contribution in [0, 0.1) is 19.8 Å². The van der Waals surface area contributed by atoms with Gasteiger partial charge in [-0.3, -0.25) is 4.79 Å². The third kappa shape index (κ3) is 4.04. The Labute approximate surface area is 158 Å². The van der Waals surface area contributed by atoms with E-state index in [4.69, 9.17) is 0 Å². The molecule has 0 bridgehead atoms. The first-order chi connectivity index (χ1) is 11.8. The summed E-state index contributed by atoms with van der Waals surface area (Å²) >= 11 is 4.65. The van der Waals surface area contributed by atoms with Gasteiger partial charge in [0.25, 0.3) is 5.56 Å². The van der Waals surface area contributed by atoms with Crippen LogP contribution in [0.4, 0.5) is 5.13 Å². The molecule has 0 fully saturated rings. The summed E-state index contributed by atoms with van der Waals surface area (Å²) in [6.07, 6.45) is 0. The molecule has 0 aliphatic heterocycles. The average Bonchev–Trinajstić information content (AvgIpc) is 3.10. The van der Waals surface area contributed by atoms with Crippen LogP contribution in [-0.2, 0) is 0 Å². The van der Waals surface area contributed by atoms with Gasteiger partial charge in [-0.25, -0.2) is 4.98 Å². The van der Waals surface area contributed by atoms with E-state index in [0.717, 1.165) is 31.3 Å². The van der Waals surface area contributed by atoms with Gasteiger partial charge in [0.15, 0.2) is 4.34 Å². The number of aryl methyl sites for hydroxylation is 2. The van der Waals surface area contributed by atoms with Gasteiger partial charge >= 0.3 is 0 Å².